The van der Waals surface area contributed by atoms with Crippen LogP contribution in [0.5, 0.6) is 0 Å². The van der Waals surface area contributed by atoms with Crippen molar-refractivity contribution < 1.29 is 24.7 Å². The van der Waals surface area contributed by atoms with Gasteiger partial charge in [-0.1, -0.05) is 0 Å². The van der Waals surface area contributed by atoms with Crippen LogP contribution >= 0.6 is 0 Å². The molecule has 0 spiro atoms. The molecule has 1 saturated heterocycles. The van der Waals surface area contributed by atoms with E-state index in [0.717, 1.165) is 32.4 Å². The zero-order valence-electron chi connectivity index (χ0n) is 13.8. The lowest BCUT2D eigenvalue weighted by Gasteiger charge is -2.44. The van der Waals surface area contributed by atoms with Crippen molar-refractivity contribution in [3.63, 3.8) is 0 Å². The third kappa shape index (κ3) is 4.19. The van der Waals surface area contributed by atoms with Crippen molar-refractivity contribution in [1.29, 1.82) is 0 Å². The number of piperidine rings is 1. The average Bonchev–Trinajstić information content (AvgIpc) is 2.54. The first-order valence-electron chi connectivity index (χ1n) is 8.58. The molecule has 22 heavy (non-hydrogen) atoms. The number of ether oxygens (including phenoxy) is 2. The predicted molar refractivity (Wildman–Crippen MR) is 82.3 cm³/mol. The molecule has 6 heteroatoms. The van der Waals surface area contributed by atoms with Gasteiger partial charge in [0.05, 0.1) is 25.3 Å². The van der Waals surface area contributed by atoms with Gasteiger partial charge in [-0.05, 0) is 32.7 Å². The van der Waals surface area contributed by atoms with Crippen molar-refractivity contribution in [2.24, 2.45) is 11.8 Å². The molecule has 1 saturated carbocycles. The summed E-state index contributed by atoms with van der Waals surface area (Å²) in [6.07, 6.45) is 4.22. The zero-order valence-corrected chi connectivity index (χ0v) is 13.8. The molecule has 1 aliphatic carbocycles. The second kappa shape index (κ2) is 8.82. The van der Waals surface area contributed by atoms with E-state index < -0.39 is 0 Å². The average molecular weight is 315 g/mol. The van der Waals surface area contributed by atoms with Crippen LogP contribution in [0.3, 0.4) is 0 Å². The van der Waals surface area contributed by atoms with Crippen LogP contribution in [0.2, 0.25) is 0 Å². The second-order valence-corrected chi connectivity index (χ2v) is 6.39. The summed E-state index contributed by atoms with van der Waals surface area (Å²) in [4.78, 5) is 12.3. The summed E-state index contributed by atoms with van der Waals surface area (Å²) in [5, 5.41) is 14.9. The Bertz CT molecular complexity index is 353. The fraction of sp³-hybridized carbons (Fsp3) is 0.938. The van der Waals surface area contributed by atoms with E-state index in [0.29, 0.717) is 25.0 Å². The molecule has 0 amide bonds. The molecular weight excluding hydrogens is 284 g/mol. The Balaban J connectivity index is 2.07. The second-order valence-electron chi connectivity index (χ2n) is 6.39. The number of nitrogens with two attached hydrogens (primary N) is 1. The topological polar surface area (TPSA) is 84.4 Å². The summed E-state index contributed by atoms with van der Waals surface area (Å²) >= 11 is 0. The molecule has 0 aromatic carbocycles. The van der Waals surface area contributed by atoms with Gasteiger partial charge < -0.3 is 25.2 Å². The predicted octanol–water partition coefficient (Wildman–Crippen LogP) is -0.733. The van der Waals surface area contributed by atoms with E-state index in [2.05, 4.69) is 10.6 Å². The van der Waals surface area contributed by atoms with Gasteiger partial charge >= 0.3 is 5.97 Å². The highest BCUT2D eigenvalue weighted by Crippen LogP contribution is 2.32. The van der Waals surface area contributed by atoms with Crippen molar-refractivity contribution in [2.75, 3.05) is 33.4 Å². The van der Waals surface area contributed by atoms with Crippen molar-refractivity contribution in [3.8, 4) is 0 Å². The minimum Gasteiger partial charge on any atom is -0.466 e. The Hall–Kier alpha value is -0.690. The maximum absolute atomic E-state index is 12.3. The quantitative estimate of drug-likeness (QED) is 0.426. The molecule has 2 rings (SSSR count). The van der Waals surface area contributed by atoms with Crippen LogP contribution in [0, 0.1) is 11.8 Å². The molecule has 0 aromatic rings. The number of aliphatic hydroxyl groups excluding tert-OH is 1. The van der Waals surface area contributed by atoms with Crippen LogP contribution in [-0.2, 0) is 14.3 Å². The number of hydrogen-bond donors (Lipinski definition) is 3. The summed E-state index contributed by atoms with van der Waals surface area (Å²) < 4.78 is 10.8. The summed E-state index contributed by atoms with van der Waals surface area (Å²) in [5.41, 5.74) is 0. The summed E-state index contributed by atoms with van der Waals surface area (Å²) in [5.74, 6) is 0.203. The van der Waals surface area contributed by atoms with Crippen LogP contribution in [0.25, 0.3) is 0 Å². The summed E-state index contributed by atoms with van der Waals surface area (Å²) in [7, 11) is 1.77. The van der Waals surface area contributed by atoms with E-state index in [-0.39, 0.29) is 30.6 Å². The van der Waals surface area contributed by atoms with Crippen LogP contribution in [-0.4, -0.2) is 62.7 Å². The number of fused-ring (bicyclic) bond motifs is 1. The van der Waals surface area contributed by atoms with Crippen molar-refractivity contribution in [1.82, 2.24) is 5.32 Å². The van der Waals surface area contributed by atoms with E-state index in [9.17, 15) is 4.79 Å². The van der Waals surface area contributed by atoms with Crippen molar-refractivity contribution >= 4 is 5.97 Å². The Morgan fingerprint density at radius 2 is 2.23 bits per heavy atom. The molecule has 0 aromatic heterocycles. The molecule has 128 valence electrons. The molecule has 5 unspecified atom stereocenters. The molecule has 0 radical (unpaired) electrons. The van der Waals surface area contributed by atoms with Gasteiger partial charge in [0, 0.05) is 32.1 Å². The van der Waals surface area contributed by atoms with E-state index in [1.807, 2.05) is 6.92 Å². The molecule has 2 fully saturated rings. The Labute approximate surface area is 132 Å². The molecule has 4 N–H and O–H groups in total. The Morgan fingerprint density at radius 3 is 2.91 bits per heavy atom. The molecule has 1 heterocycles. The number of methoxy groups -OCH3 is 1. The van der Waals surface area contributed by atoms with Crippen molar-refractivity contribution in [3.05, 3.63) is 0 Å². The van der Waals surface area contributed by atoms with Gasteiger partial charge in [-0.15, -0.1) is 0 Å². The normalized spacial score (nSPS) is 35.0. The van der Waals surface area contributed by atoms with Gasteiger partial charge in [0.25, 0.3) is 0 Å². The lowest BCUT2D eigenvalue weighted by molar-refractivity contribution is -0.713. The highest BCUT2D eigenvalue weighted by molar-refractivity contribution is 5.73. The largest absolute Gasteiger partial charge is 0.466 e. The van der Waals surface area contributed by atoms with E-state index in [4.69, 9.17) is 14.6 Å². The lowest BCUT2D eigenvalue weighted by Crippen LogP contribution is -2.97. The fourth-order valence-corrected chi connectivity index (χ4v) is 4.01. The molecular formula is C16H31N2O4+. The van der Waals surface area contributed by atoms with Crippen LogP contribution in [0.4, 0.5) is 0 Å². The van der Waals surface area contributed by atoms with Crippen LogP contribution in [0.1, 0.15) is 32.6 Å². The summed E-state index contributed by atoms with van der Waals surface area (Å²) in [6, 6.07) is 0.683. The number of nitrogens with one attached hydrogen (secondary N) is 1. The van der Waals surface area contributed by atoms with Crippen molar-refractivity contribution in [2.45, 2.75) is 50.8 Å². The van der Waals surface area contributed by atoms with Crippen LogP contribution < -0.4 is 10.6 Å². The van der Waals surface area contributed by atoms with E-state index >= 15 is 0 Å². The number of quaternary nitrogens is 1. The molecule has 6 nitrogen and oxygen atoms in total. The molecule has 2 aliphatic rings. The number of hydrogen-bond acceptors (Lipinski definition) is 5. The minimum absolute atomic E-state index is 0.0989. The van der Waals surface area contributed by atoms with Gasteiger partial charge in [0.1, 0.15) is 5.92 Å². The van der Waals surface area contributed by atoms with E-state index in [1.165, 1.54) is 0 Å². The van der Waals surface area contributed by atoms with Gasteiger partial charge in [-0.25, -0.2) is 0 Å². The summed E-state index contributed by atoms with van der Waals surface area (Å²) in [6.45, 7) is 3.97. The maximum atomic E-state index is 12.3. The number of aliphatic hydroxyl groups is 1. The van der Waals surface area contributed by atoms with Gasteiger partial charge in [0.15, 0.2) is 0 Å². The Morgan fingerprint density at radius 1 is 1.41 bits per heavy atom. The van der Waals surface area contributed by atoms with E-state index in [1.54, 1.807) is 7.11 Å². The van der Waals surface area contributed by atoms with Gasteiger partial charge in [-0.2, -0.15) is 0 Å². The smallest absolute Gasteiger partial charge is 0.316 e. The van der Waals surface area contributed by atoms with Gasteiger partial charge in [0.2, 0.25) is 0 Å². The first-order chi connectivity index (χ1) is 10.7. The minimum atomic E-state index is -0.115. The monoisotopic (exact) mass is 315 g/mol. The molecule has 0 bridgehead atoms. The lowest BCUT2D eigenvalue weighted by atomic mass is 9.71. The molecule has 5 atom stereocenters. The highest BCUT2D eigenvalue weighted by Gasteiger charge is 2.48. The number of rotatable bonds is 7. The number of esters is 1. The Kier molecular flexibility index (Phi) is 7.08. The maximum Gasteiger partial charge on any atom is 0.316 e. The fourth-order valence-electron chi connectivity index (χ4n) is 4.01. The standard InChI is InChI=1S/C16H30N2O4/c1-3-22-16(20)13-10-18-14-6-5-11(21-2)9-12(14)15(13)17-7-4-8-19/h11-15,17-19H,3-10H2,1-2H3/p+1. The third-order valence-electron chi connectivity index (χ3n) is 5.13. The van der Waals surface area contributed by atoms with Gasteiger partial charge in [-0.3, -0.25) is 4.79 Å². The number of carbonyl (C=O) groups is 1. The van der Waals surface area contributed by atoms with Crippen LogP contribution in [0.15, 0.2) is 0 Å². The molecule has 1 aliphatic heterocycles. The zero-order chi connectivity index (χ0) is 15.9. The first-order valence-corrected chi connectivity index (χ1v) is 8.58. The highest BCUT2D eigenvalue weighted by atomic mass is 16.5. The first kappa shape index (κ1) is 17.7. The third-order valence-corrected chi connectivity index (χ3v) is 5.13. The SMILES string of the molecule is CCOC(=O)C1C[NH2+]C2CCC(OC)CC2C1NCCCO. The number of carbonyl (C=O) groups excluding carboxylic acids is 1.